The van der Waals surface area contributed by atoms with E-state index in [1.54, 1.807) is 5.19 Å². The molecule has 0 unspecified atom stereocenters. The summed E-state index contributed by atoms with van der Waals surface area (Å²) in [7, 11) is 1.09. The molecule has 0 saturated carbocycles. The Morgan fingerprint density at radius 2 is 1.61 bits per heavy atom. The van der Waals surface area contributed by atoms with Crippen molar-refractivity contribution in [1.29, 1.82) is 0 Å². The maximum Gasteiger partial charge on any atom is 0.0775 e. The topological polar surface area (TPSA) is 3.24 Å². The van der Waals surface area contributed by atoms with Crippen molar-refractivity contribution in [3.05, 3.63) is 29.8 Å². The smallest absolute Gasteiger partial charge is 0.0775 e. The molecule has 0 aliphatic rings. The van der Waals surface area contributed by atoms with Crippen LogP contribution in [-0.2, 0) is 6.54 Å². The molecule has 1 aromatic rings. The molecule has 0 heterocycles. The van der Waals surface area contributed by atoms with Crippen molar-refractivity contribution >= 4 is 13.3 Å². The number of hydrogen-bond acceptors (Lipinski definition) is 1. The van der Waals surface area contributed by atoms with Crippen molar-refractivity contribution in [2.24, 2.45) is 0 Å². The van der Waals surface area contributed by atoms with Crippen molar-refractivity contribution in [3.8, 4) is 0 Å². The molecule has 2 heteroatoms. The lowest BCUT2D eigenvalue weighted by Crippen LogP contribution is -2.37. The number of rotatable bonds is 7. The van der Waals surface area contributed by atoms with Crippen LogP contribution >= 0.6 is 0 Å². The van der Waals surface area contributed by atoms with Gasteiger partial charge in [-0.15, -0.1) is 0 Å². The van der Waals surface area contributed by atoms with Gasteiger partial charge in [-0.2, -0.15) is 0 Å². The van der Waals surface area contributed by atoms with E-state index in [2.05, 4.69) is 62.8 Å². The molecule has 0 fully saturated rings. The summed E-state index contributed by atoms with van der Waals surface area (Å²) in [6.45, 7) is 11.8. The summed E-state index contributed by atoms with van der Waals surface area (Å²) in [5.74, 6) is 0. The summed E-state index contributed by atoms with van der Waals surface area (Å²) in [6, 6.07) is 9.29. The Morgan fingerprint density at radius 1 is 1.00 bits per heavy atom. The predicted molar refractivity (Wildman–Crippen MR) is 85.3 cm³/mol. The summed E-state index contributed by atoms with van der Waals surface area (Å²) >= 11 is 0. The third-order valence-electron chi connectivity index (χ3n) is 3.42. The number of hydrogen-bond donors (Lipinski definition) is 0. The Hall–Kier alpha value is -0.603. The number of unbranched alkanes of at least 4 members (excludes halogenated alkanes) is 2. The first-order valence-electron chi connectivity index (χ1n) is 7.21. The van der Waals surface area contributed by atoms with E-state index in [1.807, 2.05) is 0 Å². The molecule has 0 aliphatic carbocycles. The van der Waals surface area contributed by atoms with Gasteiger partial charge in [0.15, 0.2) is 0 Å². The minimum atomic E-state index is -1.14. The molecular formula is C16H29NSi. The molecule has 0 N–H and O–H groups in total. The van der Waals surface area contributed by atoms with Gasteiger partial charge in [0.2, 0.25) is 0 Å². The quantitative estimate of drug-likeness (QED) is 0.533. The van der Waals surface area contributed by atoms with E-state index in [4.69, 9.17) is 0 Å². The van der Waals surface area contributed by atoms with E-state index >= 15 is 0 Å². The van der Waals surface area contributed by atoms with E-state index < -0.39 is 8.07 Å². The van der Waals surface area contributed by atoms with E-state index in [-0.39, 0.29) is 0 Å². The van der Waals surface area contributed by atoms with Crippen LogP contribution in [-0.4, -0.2) is 26.6 Å². The molecule has 0 aromatic heterocycles. The second kappa shape index (κ2) is 7.10. The Balaban J connectivity index is 2.48. The lowest BCUT2D eigenvalue weighted by atomic mass is 10.2. The average molecular weight is 264 g/mol. The van der Waals surface area contributed by atoms with Crippen LogP contribution in [0.2, 0.25) is 19.6 Å². The summed E-state index contributed by atoms with van der Waals surface area (Å²) in [5.41, 5.74) is 1.44. The van der Waals surface area contributed by atoms with Gasteiger partial charge in [0.25, 0.3) is 0 Å². The van der Waals surface area contributed by atoms with Crippen molar-refractivity contribution < 1.29 is 0 Å². The zero-order chi connectivity index (χ0) is 13.6. The summed E-state index contributed by atoms with van der Waals surface area (Å²) in [4.78, 5) is 2.43. The first kappa shape index (κ1) is 15.5. The predicted octanol–water partition coefficient (Wildman–Crippen LogP) is 3.85. The maximum absolute atomic E-state index is 2.43. The molecule has 102 valence electrons. The fourth-order valence-electron chi connectivity index (χ4n) is 2.13. The zero-order valence-electron chi connectivity index (χ0n) is 12.8. The first-order valence-corrected chi connectivity index (χ1v) is 10.7. The summed E-state index contributed by atoms with van der Waals surface area (Å²) < 4.78 is 0. The van der Waals surface area contributed by atoms with Gasteiger partial charge >= 0.3 is 0 Å². The van der Waals surface area contributed by atoms with Gasteiger partial charge in [-0.25, -0.2) is 0 Å². The van der Waals surface area contributed by atoms with E-state index in [1.165, 1.54) is 31.4 Å². The van der Waals surface area contributed by atoms with Gasteiger partial charge < -0.3 is 4.90 Å². The standard InChI is InChI=1S/C16H29NSi/c1-6-7-8-13-17(2)14-15-9-11-16(12-10-15)18(3,4)5/h9-12H,6-8,13-14H2,1-5H3. The summed E-state index contributed by atoms with van der Waals surface area (Å²) in [5, 5.41) is 1.56. The van der Waals surface area contributed by atoms with Gasteiger partial charge in [-0.05, 0) is 25.6 Å². The Labute approximate surface area is 114 Å². The average Bonchev–Trinajstić information content (AvgIpc) is 2.29. The number of benzene rings is 1. The highest BCUT2D eigenvalue weighted by atomic mass is 28.3. The minimum Gasteiger partial charge on any atom is -0.302 e. The van der Waals surface area contributed by atoms with Crippen LogP contribution in [0.25, 0.3) is 0 Å². The fourth-order valence-corrected chi connectivity index (χ4v) is 3.30. The number of nitrogens with zero attached hydrogens (tertiary/aromatic N) is 1. The van der Waals surface area contributed by atoms with Gasteiger partial charge in [0, 0.05) is 6.54 Å². The lowest BCUT2D eigenvalue weighted by Gasteiger charge is -2.19. The highest BCUT2D eigenvalue weighted by Gasteiger charge is 2.15. The minimum absolute atomic E-state index is 1.08. The summed E-state index contributed by atoms with van der Waals surface area (Å²) in [6.07, 6.45) is 3.97. The molecule has 0 aliphatic heterocycles. The lowest BCUT2D eigenvalue weighted by molar-refractivity contribution is 0.318. The molecule has 1 rings (SSSR count). The molecule has 0 amide bonds. The van der Waals surface area contributed by atoms with E-state index in [0.717, 1.165) is 6.54 Å². The molecule has 1 aromatic carbocycles. The second-order valence-corrected chi connectivity index (χ2v) is 11.5. The Bertz CT molecular complexity index is 337. The Kier molecular flexibility index (Phi) is 6.10. The van der Waals surface area contributed by atoms with E-state index in [0.29, 0.717) is 0 Å². The largest absolute Gasteiger partial charge is 0.302 e. The van der Waals surface area contributed by atoms with Crippen molar-refractivity contribution in [3.63, 3.8) is 0 Å². The molecule has 0 saturated heterocycles. The normalized spacial score (nSPS) is 12.1. The second-order valence-electron chi connectivity index (χ2n) is 6.39. The SMILES string of the molecule is CCCCCN(C)Cc1ccc([Si](C)(C)C)cc1. The van der Waals surface area contributed by atoms with E-state index in [9.17, 15) is 0 Å². The van der Waals surface area contributed by atoms with Crippen LogP contribution < -0.4 is 5.19 Å². The van der Waals surface area contributed by atoms with Gasteiger partial charge in [-0.3, -0.25) is 0 Å². The molecule has 0 spiro atoms. The van der Waals surface area contributed by atoms with Gasteiger partial charge in [0.1, 0.15) is 0 Å². The van der Waals surface area contributed by atoms with Gasteiger partial charge in [0.05, 0.1) is 8.07 Å². The monoisotopic (exact) mass is 263 g/mol. The molecule has 18 heavy (non-hydrogen) atoms. The Morgan fingerprint density at radius 3 is 2.11 bits per heavy atom. The molecule has 0 atom stereocenters. The van der Waals surface area contributed by atoms with Crippen LogP contribution in [0.4, 0.5) is 0 Å². The molecular weight excluding hydrogens is 234 g/mol. The van der Waals surface area contributed by atoms with Gasteiger partial charge in [-0.1, -0.05) is 68.9 Å². The third-order valence-corrected chi connectivity index (χ3v) is 5.48. The van der Waals surface area contributed by atoms with Crippen molar-refractivity contribution in [2.45, 2.75) is 52.4 Å². The highest BCUT2D eigenvalue weighted by Crippen LogP contribution is 2.07. The fraction of sp³-hybridized carbons (Fsp3) is 0.625. The molecule has 1 nitrogen and oxygen atoms in total. The van der Waals surface area contributed by atoms with Crippen molar-refractivity contribution in [2.75, 3.05) is 13.6 Å². The van der Waals surface area contributed by atoms with Crippen LogP contribution in [0.3, 0.4) is 0 Å². The van der Waals surface area contributed by atoms with Crippen LogP contribution in [0.15, 0.2) is 24.3 Å². The van der Waals surface area contributed by atoms with Crippen LogP contribution in [0.5, 0.6) is 0 Å². The first-order chi connectivity index (χ1) is 8.43. The molecule has 0 bridgehead atoms. The maximum atomic E-state index is 2.43. The highest BCUT2D eigenvalue weighted by molar-refractivity contribution is 6.88. The van der Waals surface area contributed by atoms with Crippen LogP contribution in [0.1, 0.15) is 31.7 Å². The van der Waals surface area contributed by atoms with Crippen LogP contribution in [0, 0.1) is 0 Å². The molecule has 0 radical (unpaired) electrons. The third kappa shape index (κ3) is 5.36. The van der Waals surface area contributed by atoms with Crippen molar-refractivity contribution in [1.82, 2.24) is 4.90 Å². The zero-order valence-corrected chi connectivity index (χ0v) is 13.8.